The normalized spacial score (nSPS) is 10.0. The van der Waals surface area contributed by atoms with Crippen molar-refractivity contribution in [3.05, 3.63) is 21.4 Å². The van der Waals surface area contributed by atoms with Gasteiger partial charge in [0.2, 0.25) is 0 Å². The summed E-state index contributed by atoms with van der Waals surface area (Å²) < 4.78 is 5.16. The lowest BCUT2D eigenvalue weighted by Crippen LogP contribution is -1.93. The Kier molecular flexibility index (Phi) is 3.44. The van der Waals surface area contributed by atoms with E-state index in [1.54, 1.807) is 0 Å². The molecule has 0 aliphatic heterocycles. The van der Waals surface area contributed by atoms with Gasteiger partial charge in [-0.1, -0.05) is 34.8 Å². The Labute approximate surface area is 85.4 Å². The maximum Gasteiger partial charge on any atom is 0.153 e. The molecule has 0 N–H and O–H groups in total. The fraction of sp³-hybridized carbons (Fsp3) is 0.286. The third-order valence-electron chi connectivity index (χ3n) is 1.15. The first kappa shape index (κ1) is 9.90. The molecule has 1 aromatic rings. The van der Waals surface area contributed by atoms with Gasteiger partial charge in [0.1, 0.15) is 15.9 Å². The summed E-state index contributed by atoms with van der Waals surface area (Å²) >= 11 is 17.0. The second kappa shape index (κ2) is 4.17. The van der Waals surface area contributed by atoms with Crippen molar-refractivity contribution >= 4 is 34.8 Å². The van der Waals surface area contributed by atoms with Gasteiger partial charge in [0, 0.05) is 6.07 Å². The molecular weight excluding hydrogens is 220 g/mol. The third kappa shape index (κ3) is 2.16. The number of hydrogen-bond donors (Lipinski definition) is 0. The number of nitrogens with zero attached hydrogens (tertiary/aromatic N) is 1. The summed E-state index contributed by atoms with van der Waals surface area (Å²) in [6.45, 7) is 2.36. The standard InChI is InChI=1S/C7H6Cl3NO/c1-2-12-4-3-5(8)11-7(10)6(4)9/h3H,2H2,1H3. The largest absolute Gasteiger partial charge is 0.492 e. The molecule has 1 aromatic heterocycles. The molecule has 0 spiro atoms. The third-order valence-corrected chi connectivity index (χ3v) is 2.08. The van der Waals surface area contributed by atoms with E-state index >= 15 is 0 Å². The molecule has 66 valence electrons. The lowest BCUT2D eigenvalue weighted by molar-refractivity contribution is 0.340. The Balaban J connectivity index is 3.09. The molecule has 0 amide bonds. The number of pyridine rings is 1. The Morgan fingerprint density at radius 2 is 2.08 bits per heavy atom. The van der Waals surface area contributed by atoms with Gasteiger partial charge in [-0.15, -0.1) is 0 Å². The Morgan fingerprint density at radius 3 is 2.67 bits per heavy atom. The smallest absolute Gasteiger partial charge is 0.153 e. The van der Waals surface area contributed by atoms with Gasteiger partial charge in [-0.25, -0.2) is 4.98 Å². The van der Waals surface area contributed by atoms with Crippen molar-refractivity contribution in [1.29, 1.82) is 0 Å². The second-order valence-electron chi connectivity index (χ2n) is 1.98. The highest BCUT2D eigenvalue weighted by atomic mass is 35.5. The molecule has 0 saturated carbocycles. The van der Waals surface area contributed by atoms with Crippen LogP contribution in [0.4, 0.5) is 0 Å². The van der Waals surface area contributed by atoms with Crippen LogP contribution in [0.1, 0.15) is 6.92 Å². The van der Waals surface area contributed by atoms with Gasteiger partial charge < -0.3 is 4.74 Å². The zero-order valence-corrected chi connectivity index (χ0v) is 8.54. The van der Waals surface area contributed by atoms with E-state index in [0.717, 1.165) is 0 Å². The fourth-order valence-electron chi connectivity index (χ4n) is 0.709. The molecule has 0 aliphatic carbocycles. The van der Waals surface area contributed by atoms with E-state index in [2.05, 4.69) is 4.98 Å². The molecule has 12 heavy (non-hydrogen) atoms. The van der Waals surface area contributed by atoms with E-state index in [9.17, 15) is 0 Å². The number of ether oxygens (including phenoxy) is 1. The summed E-state index contributed by atoms with van der Waals surface area (Å²) in [4.78, 5) is 3.73. The Hall–Kier alpha value is -0.180. The molecule has 0 unspecified atom stereocenters. The minimum absolute atomic E-state index is 0.160. The van der Waals surface area contributed by atoms with Gasteiger partial charge in [-0.3, -0.25) is 0 Å². The Morgan fingerprint density at radius 1 is 1.42 bits per heavy atom. The van der Waals surface area contributed by atoms with Crippen molar-refractivity contribution in [3.8, 4) is 5.75 Å². The zero-order chi connectivity index (χ0) is 9.14. The summed E-state index contributed by atoms with van der Waals surface area (Å²) in [5.41, 5.74) is 0. The van der Waals surface area contributed by atoms with Gasteiger partial charge in [0.25, 0.3) is 0 Å². The molecule has 2 nitrogen and oxygen atoms in total. The maximum absolute atomic E-state index is 5.77. The molecule has 0 fully saturated rings. The highest BCUT2D eigenvalue weighted by Gasteiger charge is 2.08. The van der Waals surface area contributed by atoms with Crippen LogP contribution in [0.15, 0.2) is 6.07 Å². The van der Waals surface area contributed by atoms with Crippen LogP contribution >= 0.6 is 34.8 Å². The highest BCUT2D eigenvalue weighted by molar-refractivity contribution is 6.42. The van der Waals surface area contributed by atoms with E-state index in [1.807, 2.05) is 6.92 Å². The van der Waals surface area contributed by atoms with Gasteiger partial charge >= 0.3 is 0 Å². The molecule has 1 heterocycles. The van der Waals surface area contributed by atoms with E-state index in [1.165, 1.54) is 6.07 Å². The van der Waals surface area contributed by atoms with Crippen LogP contribution < -0.4 is 4.74 Å². The van der Waals surface area contributed by atoms with Crippen LogP contribution in [0.5, 0.6) is 5.75 Å². The molecule has 0 saturated heterocycles. The molecule has 5 heteroatoms. The van der Waals surface area contributed by atoms with E-state index in [4.69, 9.17) is 39.5 Å². The van der Waals surface area contributed by atoms with E-state index in [0.29, 0.717) is 17.4 Å². The highest BCUT2D eigenvalue weighted by Crippen LogP contribution is 2.32. The van der Waals surface area contributed by atoms with Crippen LogP contribution in [0, 0.1) is 0 Å². The van der Waals surface area contributed by atoms with Gasteiger partial charge in [0.05, 0.1) is 6.61 Å². The average Bonchev–Trinajstić information content (AvgIpc) is 2.00. The van der Waals surface area contributed by atoms with Crippen molar-refractivity contribution in [2.24, 2.45) is 0 Å². The molecule has 0 radical (unpaired) electrons. The SMILES string of the molecule is CCOc1cc(Cl)nc(Cl)c1Cl. The van der Waals surface area contributed by atoms with E-state index < -0.39 is 0 Å². The molecule has 0 aliphatic rings. The molecule has 0 atom stereocenters. The zero-order valence-electron chi connectivity index (χ0n) is 6.27. The first-order valence-electron chi connectivity index (χ1n) is 3.29. The topological polar surface area (TPSA) is 22.1 Å². The predicted molar refractivity (Wildman–Crippen MR) is 50.4 cm³/mol. The minimum Gasteiger partial charge on any atom is -0.492 e. The maximum atomic E-state index is 5.77. The number of hydrogen-bond acceptors (Lipinski definition) is 2. The van der Waals surface area contributed by atoms with Crippen molar-refractivity contribution in [3.63, 3.8) is 0 Å². The number of halogens is 3. The summed E-state index contributed by atoms with van der Waals surface area (Å²) in [6.07, 6.45) is 0. The first-order valence-corrected chi connectivity index (χ1v) is 4.43. The van der Waals surface area contributed by atoms with Crippen molar-refractivity contribution in [2.45, 2.75) is 6.92 Å². The number of aromatic nitrogens is 1. The van der Waals surface area contributed by atoms with Crippen LogP contribution in [-0.2, 0) is 0 Å². The van der Waals surface area contributed by atoms with Crippen molar-refractivity contribution < 1.29 is 4.74 Å². The van der Waals surface area contributed by atoms with Crippen molar-refractivity contribution in [2.75, 3.05) is 6.61 Å². The van der Waals surface area contributed by atoms with Gasteiger partial charge in [-0.2, -0.15) is 0 Å². The molecule has 1 rings (SSSR count). The van der Waals surface area contributed by atoms with Crippen LogP contribution in [0.2, 0.25) is 15.3 Å². The monoisotopic (exact) mass is 225 g/mol. The molecular formula is C7H6Cl3NO. The summed E-state index contributed by atoms with van der Waals surface area (Å²) in [7, 11) is 0. The lowest BCUT2D eigenvalue weighted by Gasteiger charge is -2.05. The summed E-state index contributed by atoms with van der Waals surface area (Å²) in [5, 5.41) is 0.725. The average molecular weight is 226 g/mol. The van der Waals surface area contributed by atoms with Crippen molar-refractivity contribution in [1.82, 2.24) is 4.98 Å². The van der Waals surface area contributed by atoms with Crippen LogP contribution in [0.25, 0.3) is 0 Å². The second-order valence-corrected chi connectivity index (χ2v) is 3.10. The molecule has 0 bridgehead atoms. The van der Waals surface area contributed by atoms with E-state index in [-0.39, 0.29) is 10.3 Å². The summed E-state index contributed by atoms with van der Waals surface area (Å²) in [6, 6.07) is 1.53. The number of rotatable bonds is 2. The van der Waals surface area contributed by atoms with Crippen LogP contribution in [0.3, 0.4) is 0 Å². The van der Waals surface area contributed by atoms with Gasteiger partial charge in [0.15, 0.2) is 5.15 Å². The lowest BCUT2D eigenvalue weighted by atomic mass is 10.4. The van der Waals surface area contributed by atoms with Crippen LogP contribution in [-0.4, -0.2) is 11.6 Å². The summed E-state index contributed by atoms with van der Waals surface area (Å²) in [5.74, 6) is 0.462. The quantitative estimate of drug-likeness (QED) is 0.721. The van der Waals surface area contributed by atoms with Gasteiger partial charge in [-0.05, 0) is 6.92 Å². The molecule has 0 aromatic carbocycles. The minimum atomic E-state index is 0.160. The Bertz CT molecular complexity index is 290. The fourth-order valence-corrected chi connectivity index (χ4v) is 1.27. The predicted octanol–water partition coefficient (Wildman–Crippen LogP) is 3.44. The first-order chi connectivity index (χ1) is 5.65.